The van der Waals surface area contributed by atoms with Crippen molar-refractivity contribution in [3.05, 3.63) is 46.2 Å². The molecule has 1 aromatic heterocycles. The fraction of sp³-hybridized carbons (Fsp3) is 0.250. The number of Topliss-reactive ketones (excluding diaryl/α,β-unsaturated/α-hetero) is 2. The van der Waals surface area contributed by atoms with Crippen molar-refractivity contribution < 1.29 is 23.2 Å². The Labute approximate surface area is 195 Å². The van der Waals surface area contributed by atoms with E-state index in [9.17, 15) is 23.2 Å². The number of thiophene rings is 1. The van der Waals surface area contributed by atoms with Crippen molar-refractivity contribution in [2.24, 2.45) is 22.2 Å². The molecule has 0 spiro atoms. The Balaban J connectivity index is 2.18. The summed E-state index contributed by atoms with van der Waals surface area (Å²) in [7, 11) is -4.07. The van der Waals surface area contributed by atoms with Gasteiger partial charge in [0.15, 0.2) is 5.96 Å². The van der Waals surface area contributed by atoms with Crippen LogP contribution in [-0.4, -0.2) is 50.3 Å². The highest BCUT2D eigenvalue weighted by Crippen LogP contribution is 2.27. The van der Waals surface area contributed by atoms with Gasteiger partial charge >= 0.3 is 0 Å². The minimum Gasteiger partial charge on any atom is -0.370 e. The molecule has 0 aliphatic heterocycles. The Morgan fingerprint density at radius 2 is 2.00 bits per heavy atom. The van der Waals surface area contributed by atoms with Crippen molar-refractivity contribution in [2.75, 3.05) is 17.8 Å². The van der Waals surface area contributed by atoms with E-state index >= 15 is 0 Å². The molecule has 0 radical (unpaired) electrons. The summed E-state index contributed by atoms with van der Waals surface area (Å²) in [5.74, 6) is 3.41. The summed E-state index contributed by atoms with van der Waals surface area (Å²) in [5, 5.41) is 10.8. The molecule has 13 heteroatoms. The van der Waals surface area contributed by atoms with Gasteiger partial charge in [0.25, 0.3) is 10.0 Å². The van der Waals surface area contributed by atoms with Crippen LogP contribution in [0.25, 0.3) is 0 Å². The van der Waals surface area contributed by atoms with E-state index in [4.69, 9.17) is 17.2 Å². The molecule has 9 N–H and O–H groups in total. The summed E-state index contributed by atoms with van der Waals surface area (Å²) in [6, 6.07) is 6.08. The van der Waals surface area contributed by atoms with E-state index in [1.165, 1.54) is 29.6 Å². The monoisotopic (exact) mass is 492 g/mol. The van der Waals surface area contributed by atoms with Crippen molar-refractivity contribution in [3.8, 4) is 11.8 Å². The van der Waals surface area contributed by atoms with Gasteiger partial charge in [0.05, 0.1) is 23.2 Å². The van der Waals surface area contributed by atoms with Crippen LogP contribution in [0, 0.1) is 11.8 Å². The zero-order valence-electron chi connectivity index (χ0n) is 17.4. The number of ketones is 2. The van der Waals surface area contributed by atoms with E-state index in [-0.39, 0.29) is 40.9 Å². The van der Waals surface area contributed by atoms with Crippen LogP contribution in [0.2, 0.25) is 0 Å². The van der Waals surface area contributed by atoms with Gasteiger partial charge in [-0.25, -0.2) is 8.42 Å². The number of aliphatic imine (C=N–C) groups is 1. The second kappa shape index (κ2) is 12.1. The Hall–Kier alpha value is -3.28. The van der Waals surface area contributed by atoms with Gasteiger partial charge in [-0.3, -0.25) is 19.3 Å². The van der Waals surface area contributed by atoms with E-state index in [2.05, 4.69) is 21.6 Å². The predicted molar refractivity (Wildman–Crippen MR) is 125 cm³/mol. The molecule has 1 aromatic carbocycles. The SMILES string of the molecule is NCC#Cc1cccc(S(=O)(=O)Nc2ccsc2C(=O)C(=O)[C@H](CCCN=C(N)N)NO)c1. The maximum absolute atomic E-state index is 12.8. The van der Waals surface area contributed by atoms with Crippen molar-refractivity contribution in [1.29, 1.82) is 0 Å². The number of hydroxylamine groups is 1. The molecule has 1 atom stereocenters. The van der Waals surface area contributed by atoms with Crippen molar-refractivity contribution in [3.63, 3.8) is 0 Å². The Morgan fingerprint density at radius 3 is 2.67 bits per heavy atom. The number of guanidine groups is 1. The lowest BCUT2D eigenvalue weighted by molar-refractivity contribution is -0.119. The number of benzene rings is 1. The molecule has 0 saturated heterocycles. The highest BCUT2D eigenvalue weighted by Gasteiger charge is 2.29. The van der Waals surface area contributed by atoms with Crippen LogP contribution in [-0.2, 0) is 14.8 Å². The number of nitrogens with one attached hydrogen (secondary N) is 2. The molecular formula is C20H24N6O5S2. The molecule has 2 rings (SSSR count). The smallest absolute Gasteiger partial charge is 0.261 e. The Kier molecular flexibility index (Phi) is 9.52. The number of carbonyl (C=O) groups is 2. The minimum absolute atomic E-state index is 0.0472. The van der Waals surface area contributed by atoms with Crippen LogP contribution in [0.3, 0.4) is 0 Å². The molecule has 1 heterocycles. The lowest BCUT2D eigenvalue weighted by Gasteiger charge is -2.13. The van der Waals surface area contributed by atoms with Gasteiger partial charge in [-0.15, -0.1) is 11.3 Å². The molecule has 0 bridgehead atoms. The van der Waals surface area contributed by atoms with Crippen LogP contribution in [0.1, 0.15) is 28.1 Å². The van der Waals surface area contributed by atoms with E-state index in [1.54, 1.807) is 6.07 Å². The first-order valence-electron chi connectivity index (χ1n) is 9.62. The first-order valence-corrected chi connectivity index (χ1v) is 12.0. The molecule has 33 heavy (non-hydrogen) atoms. The Bertz CT molecular complexity index is 1190. The van der Waals surface area contributed by atoms with Gasteiger partial charge in [-0.2, -0.15) is 5.48 Å². The molecule has 0 fully saturated rings. The first-order chi connectivity index (χ1) is 15.7. The third kappa shape index (κ3) is 7.38. The fourth-order valence-corrected chi connectivity index (χ4v) is 4.67. The van der Waals surface area contributed by atoms with E-state index in [0.717, 1.165) is 11.3 Å². The summed E-state index contributed by atoms with van der Waals surface area (Å²) < 4.78 is 28.0. The van der Waals surface area contributed by atoms with Gasteiger partial charge < -0.3 is 22.4 Å². The van der Waals surface area contributed by atoms with Crippen LogP contribution >= 0.6 is 11.3 Å². The number of nitrogens with two attached hydrogens (primary N) is 3. The fourth-order valence-electron chi connectivity index (χ4n) is 2.69. The number of sulfonamides is 1. The summed E-state index contributed by atoms with van der Waals surface area (Å²) >= 11 is 0.898. The number of nitrogens with zero attached hydrogens (tertiary/aromatic N) is 1. The third-order valence-corrected chi connectivity index (χ3v) is 6.51. The summed E-state index contributed by atoms with van der Waals surface area (Å²) in [6.45, 7) is 0.336. The maximum Gasteiger partial charge on any atom is 0.261 e. The van der Waals surface area contributed by atoms with Crippen LogP contribution in [0.15, 0.2) is 45.6 Å². The number of rotatable bonds is 11. The molecule has 0 saturated carbocycles. The van der Waals surface area contributed by atoms with Crippen molar-refractivity contribution in [2.45, 2.75) is 23.8 Å². The van der Waals surface area contributed by atoms with E-state index < -0.39 is 27.6 Å². The summed E-state index contributed by atoms with van der Waals surface area (Å²) in [4.78, 5) is 28.9. The molecular weight excluding hydrogens is 468 g/mol. The zero-order valence-corrected chi connectivity index (χ0v) is 19.1. The topological polar surface area (TPSA) is 203 Å². The molecule has 176 valence electrons. The summed E-state index contributed by atoms with van der Waals surface area (Å²) in [5.41, 5.74) is 18.0. The molecule has 0 aliphatic carbocycles. The van der Waals surface area contributed by atoms with Gasteiger partial charge in [-0.1, -0.05) is 17.9 Å². The van der Waals surface area contributed by atoms with Crippen LogP contribution < -0.4 is 27.4 Å². The van der Waals surface area contributed by atoms with Crippen molar-refractivity contribution in [1.82, 2.24) is 5.48 Å². The van der Waals surface area contributed by atoms with Crippen LogP contribution in [0.4, 0.5) is 5.69 Å². The Morgan fingerprint density at radius 1 is 1.24 bits per heavy atom. The highest BCUT2D eigenvalue weighted by molar-refractivity contribution is 7.92. The second-order valence-electron chi connectivity index (χ2n) is 6.63. The molecule has 11 nitrogen and oxygen atoms in total. The molecule has 2 aromatic rings. The quantitative estimate of drug-likeness (QED) is 0.0475. The normalized spacial score (nSPS) is 11.7. The lowest BCUT2D eigenvalue weighted by Crippen LogP contribution is -2.39. The molecule has 0 unspecified atom stereocenters. The number of hydrogen-bond donors (Lipinski definition) is 6. The first kappa shape index (κ1) is 26.0. The molecule has 0 amide bonds. The van der Waals surface area contributed by atoms with Gasteiger partial charge in [0, 0.05) is 12.1 Å². The van der Waals surface area contributed by atoms with Gasteiger partial charge in [0.2, 0.25) is 11.6 Å². The number of hydrogen-bond acceptors (Lipinski definition) is 9. The lowest BCUT2D eigenvalue weighted by atomic mass is 10.0. The largest absolute Gasteiger partial charge is 0.370 e. The van der Waals surface area contributed by atoms with E-state index in [1.807, 2.05) is 5.48 Å². The standard InChI is InChI=1S/C20H24N6O5S2/c21-9-2-5-13-4-1-6-14(12-13)33(30,31)26-16-8-11-32-19(16)18(28)17(27)15(25-29)7-3-10-24-20(22)23/h1,4,6,8,11-12,15,25-26,29H,3,7,9-10,21H2,(H4,22,23,24)/t15-/m0/s1. The summed E-state index contributed by atoms with van der Waals surface area (Å²) in [6.07, 6.45) is 0.406. The third-order valence-electron chi connectivity index (χ3n) is 4.24. The van der Waals surface area contributed by atoms with E-state index in [0.29, 0.717) is 12.0 Å². The highest BCUT2D eigenvalue weighted by atomic mass is 32.2. The molecule has 0 aliphatic rings. The predicted octanol–water partition coefficient (Wildman–Crippen LogP) is 0.0119. The minimum atomic E-state index is -4.07. The van der Waals surface area contributed by atoms with Crippen molar-refractivity contribution >= 4 is 44.6 Å². The van der Waals surface area contributed by atoms with Crippen LogP contribution in [0.5, 0.6) is 0 Å². The zero-order chi connectivity index (χ0) is 24.4. The number of anilines is 1. The average molecular weight is 493 g/mol. The van der Waals surface area contributed by atoms with Gasteiger partial charge in [-0.05, 0) is 42.5 Å². The average Bonchev–Trinajstić information content (AvgIpc) is 3.24. The number of carbonyl (C=O) groups excluding carboxylic acids is 2. The maximum atomic E-state index is 12.8. The second-order valence-corrected chi connectivity index (χ2v) is 9.23. The van der Waals surface area contributed by atoms with Gasteiger partial charge in [0.1, 0.15) is 4.88 Å².